The topological polar surface area (TPSA) is 119 Å². The lowest BCUT2D eigenvalue weighted by atomic mass is 10.2. The fourth-order valence-corrected chi connectivity index (χ4v) is 4.49. The Morgan fingerprint density at radius 3 is 2.53 bits per heavy atom. The molecule has 2 aromatic rings. The third-order valence-corrected chi connectivity index (χ3v) is 6.28. The molecular formula is C19H22ClN3O6S. The highest BCUT2D eigenvalue weighted by Crippen LogP contribution is 2.35. The third kappa shape index (κ3) is 5.39. The van der Waals surface area contributed by atoms with E-state index in [9.17, 15) is 23.3 Å². The number of rotatable bonds is 9. The lowest BCUT2D eigenvalue weighted by Gasteiger charge is -2.26. The number of nitro benzene ring substituents is 1. The predicted octanol–water partition coefficient (Wildman–Crippen LogP) is 3.22. The van der Waals surface area contributed by atoms with Gasteiger partial charge in [-0.3, -0.25) is 19.2 Å². The molecule has 0 atom stereocenters. The van der Waals surface area contributed by atoms with Crippen molar-refractivity contribution in [2.75, 3.05) is 24.5 Å². The van der Waals surface area contributed by atoms with Crippen LogP contribution in [0.2, 0.25) is 5.02 Å². The van der Waals surface area contributed by atoms with Gasteiger partial charge in [-0.2, -0.15) is 0 Å². The molecule has 0 aromatic heterocycles. The van der Waals surface area contributed by atoms with E-state index >= 15 is 0 Å². The summed E-state index contributed by atoms with van der Waals surface area (Å²) in [6.07, 6.45) is 0. The Morgan fingerprint density at radius 1 is 1.27 bits per heavy atom. The summed E-state index contributed by atoms with van der Waals surface area (Å²) in [5, 5.41) is 13.6. The first-order valence-electron chi connectivity index (χ1n) is 8.94. The van der Waals surface area contributed by atoms with Crippen molar-refractivity contribution in [2.45, 2.75) is 18.7 Å². The number of ether oxygens (including phenoxy) is 1. The van der Waals surface area contributed by atoms with Gasteiger partial charge in [-0.25, -0.2) is 8.42 Å². The molecule has 0 fully saturated rings. The fourth-order valence-electron chi connectivity index (χ4n) is 2.56. The number of amides is 1. The number of benzene rings is 2. The molecule has 0 spiro atoms. The molecule has 2 aromatic carbocycles. The molecule has 2 rings (SSSR count). The summed E-state index contributed by atoms with van der Waals surface area (Å²) in [4.78, 5) is 22.4. The molecule has 0 aliphatic carbocycles. The highest BCUT2D eigenvalue weighted by molar-refractivity contribution is 7.93. The van der Waals surface area contributed by atoms with Gasteiger partial charge in [-0.1, -0.05) is 37.6 Å². The standard InChI is InChI=1S/C19H22ClN3O6S/c1-13(2)11-21-19(24)12-22(16-6-4-5-7-17(16)29-3)30(27,28)18-10-14(23(25)26)8-9-15(18)20/h4-10,13H,11-12H2,1-3H3,(H,21,24). The summed E-state index contributed by atoms with van der Waals surface area (Å²) in [7, 11) is -3.09. The number of nitrogens with zero attached hydrogens (tertiary/aromatic N) is 2. The Kier molecular flexibility index (Phi) is 7.63. The van der Waals surface area contributed by atoms with Crippen molar-refractivity contribution in [3.63, 3.8) is 0 Å². The molecule has 1 N–H and O–H groups in total. The number of nitrogens with one attached hydrogen (secondary N) is 1. The summed E-state index contributed by atoms with van der Waals surface area (Å²) in [6.45, 7) is 3.60. The number of non-ortho nitro benzene ring substituents is 1. The van der Waals surface area contributed by atoms with Gasteiger partial charge in [-0.15, -0.1) is 0 Å². The van der Waals surface area contributed by atoms with Crippen molar-refractivity contribution in [3.8, 4) is 5.75 Å². The number of carbonyl (C=O) groups is 1. The van der Waals surface area contributed by atoms with E-state index in [-0.39, 0.29) is 22.4 Å². The van der Waals surface area contributed by atoms with E-state index in [4.69, 9.17) is 16.3 Å². The number of hydrogen-bond donors (Lipinski definition) is 1. The molecule has 162 valence electrons. The second-order valence-electron chi connectivity index (χ2n) is 6.75. The zero-order chi connectivity index (χ0) is 22.5. The van der Waals surface area contributed by atoms with Crippen molar-refractivity contribution in [1.82, 2.24) is 5.32 Å². The summed E-state index contributed by atoms with van der Waals surface area (Å²) in [6, 6.07) is 9.34. The average Bonchev–Trinajstić information content (AvgIpc) is 2.70. The van der Waals surface area contributed by atoms with Crippen LogP contribution in [0, 0.1) is 16.0 Å². The maximum atomic E-state index is 13.5. The molecule has 1 amide bonds. The third-order valence-electron chi connectivity index (χ3n) is 4.04. The van der Waals surface area contributed by atoms with Crippen LogP contribution < -0.4 is 14.4 Å². The Morgan fingerprint density at radius 2 is 1.93 bits per heavy atom. The zero-order valence-corrected chi connectivity index (χ0v) is 18.2. The monoisotopic (exact) mass is 455 g/mol. The summed E-state index contributed by atoms with van der Waals surface area (Å²) < 4.78 is 33.0. The highest BCUT2D eigenvalue weighted by Gasteiger charge is 2.32. The van der Waals surface area contributed by atoms with Crippen LogP contribution in [-0.2, 0) is 14.8 Å². The molecule has 0 aliphatic rings. The molecule has 0 aliphatic heterocycles. The van der Waals surface area contributed by atoms with Crippen molar-refractivity contribution in [2.24, 2.45) is 5.92 Å². The van der Waals surface area contributed by atoms with Gasteiger partial charge < -0.3 is 10.1 Å². The summed E-state index contributed by atoms with van der Waals surface area (Å²) in [5.41, 5.74) is -0.343. The lowest BCUT2D eigenvalue weighted by Crippen LogP contribution is -2.42. The number of nitro groups is 1. The summed E-state index contributed by atoms with van der Waals surface area (Å²) in [5.74, 6) is -0.171. The SMILES string of the molecule is COc1ccccc1N(CC(=O)NCC(C)C)S(=O)(=O)c1cc([N+](=O)[O-])ccc1Cl. The van der Waals surface area contributed by atoms with Gasteiger partial charge in [0.1, 0.15) is 17.2 Å². The number of anilines is 1. The van der Waals surface area contributed by atoms with Crippen molar-refractivity contribution in [3.05, 3.63) is 57.6 Å². The van der Waals surface area contributed by atoms with Crippen LogP contribution in [0.3, 0.4) is 0 Å². The van der Waals surface area contributed by atoms with Crippen molar-refractivity contribution < 1.29 is 22.9 Å². The van der Waals surface area contributed by atoms with E-state index in [2.05, 4.69) is 5.32 Å². The van der Waals surface area contributed by atoms with Crippen LogP contribution in [0.5, 0.6) is 5.75 Å². The number of sulfonamides is 1. The van der Waals surface area contributed by atoms with Gasteiger partial charge >= 0.3 is 0 Å². The Labute approximate surface area is 179 Å². The minimum absolute atomic E-state index is 0.0993. The molecule has 0 saturated heterocycles. The van der Waals surface area contributed by atoms with Crippen molar-refractivity contribution in [1.29, 1.82) is 0 Å². The molecule has 0 saturated carbocycles. The zero-order valence-electron chi connectivity index (χ0n) is 16.7. The van der Waals surface area contributed by atoms with E-state index in [1.165, 1.54) is 13.2 Å². The van der Waals surface area contributed by atoms with E-state index in [0.29, 0.717) is 6.54 Å². The van der Waals surface area contributed by atoms with Gasteiger partial charge in [0, 0.05) is 18.7 Å². The van der Waals surface area contributed by atoms with E-state index in [1.807, 2.05) is 13.8 Å². The Balaban J connectivity index is 2.59. The minimum atomic E-state index is -4.45. The number of halogens is 1. The molecule has 0 heterocycles. The smallest absolute Gasteiger partial charge is 0.270 e. The quantitative estimate of drug-likeness (QED) is 0.458. The molecule has 9 nitrogen and oxygen atoms in total. The lowest BCUT2D eigenvalue weighted by molar-refractivity contribution is -0.385. The fraction of sp³-hybridized carbons (Fsp3) is 0.316. The molecule has 0 radical (unpaired) electrons. The van der Waals surface area contributed by atoms with Crippen LogP contribution >= 0.6 is 11.6 Å². The largest absolute Gasteiger partial charge is 0.495 e. The molecule has 0 bridgehead atoms. The number of hydrogen-bond acceptors (Lipinski definition) is 6. The molecule has 11 heteroatoms. The first-order valence-corrected chi connectivity index (χ1v) is 10.8. The molecule has 30 heavy (non-hydrogen) atoms. The van der Waals surface area contributed by atoms with Gasteiger partial charge in [0.15, 0.2) is 0 Å². The van der Waals surface area contributed by atoms with Gasteiger partial charge in [-0.05, 0) is 24.1 Å². The van der Waals surface area contributed by atoms with Crippen LogP contribution in [-0.4, -0.2) is 39.4 Å². The number of carbonyl (C=O) groups excluding carboxylic acids is 1. The van der Waals surface area contributed by atoms with Gasteiger partial charge in [0.2, 0.25) is 5.91 Å². The number of para-hydroxylation sites is 2. The second kappa shape index (κ2) is 9.77. The first kappa shape index (κ1) is 23.4. The van der Waals surface area contributed by atoms with Crippen molar-refractivity contribution >= 4 is 38.9 Å². The van der Waals surface area contributed by atoms with E-state index in [1.54, 1.807) is 18.2 Å². The minimum Gasteiger partial charge on any atom is -0.495 e. The van der Waals surface area contributed by atoms with Crippen LogP contribution in [0.4, 0.5) is 11.4 Å². The highest BCUT2D eigenvalue weighted by atomic mass is 35.5. The maximum Gasteiger partial charge on any atom is 0.270 e. The van der Waals surface area contributed by atoms with E-state index < -0.39 is 38.0 Å². The Bertz CT molecular complexity index is 1040. The second-order valence-corrected chi connectivity index (χ2v) is 8.99. The average molecular weight is 456 g/mol. The normalized spacial score (nSPS) is 11.2. The summed E-state index contributed by atoms with van der Waals surface area (Å²) >= 11 is 6.07. The van der Waals surface area contributed by atoms with Gasteiger partial charge in [0.25, 0.3) is 15.7 Å². The predicted molar refractivity (Wildman–Crippen MR) is 113 cm³/mol. The van der Waals surface area contributed by atoms with Crippen LogP contribution in [0.25, 0.3) is 0 Å². The first-order chi connectivity index (χ1) is 14.1. The molecular weight excluding hydrogens is 434 g/mol. The van der Waals surface area contributed by atoms with Gasteiger partial charge in [0.05, 0.1) is 22.7 Å². The van der Waals surface area contributed by atoms with Crippen LogP contribution in [0.1, 0.15) is 13.8 Å². The van der Waals surface area contributed by atoms with Crippen LogP contribution in [0.15, 0.2) is 47.4 Å². The maximum absolute atomic E-state index is 13.5. The number of methoxy groups -OCH3 is 1. The molecule has 0 unspecified atom stereocenters. The van der Waals surface area contributed by atoms with E-state index in [0.717, 1.165) is 22.5 Å². The Hall–Kier alpha value is -2.85.